The Hall–Kier alpha value is -0.450. The highest BCUT2D eigenvalue weighted by atomic mass is 35.5. The molecule has 2 N–H and O–H groups in total. The highest BCUT2D eigenvalue weighted by Gasteiger charge is 2.25. The van der Waals surface area contributed by atoms with E-state index in [-0.39, 0.29) is 37.0 Å². The van der Waals surface area contributed by atoms with Gasteiger partial charge in [0, 0.05) is 13.1 Å². The van der Waals surface area contributed by atoms with E-state index in [0.29, 0.717) is 0 Å². The van der Waals surface area contributed by atoms with Crippen LogP contribution in [0.25, 0.3) is 0 Å². The zero-order valence-electron chi connectivity index (χ0n) is 8.63. The van der Waals surface area contributed by atoms with E-state index in [1.165, 1.54) is 6.42 Å². The van der Waals surface area contributed by atoms with Crippen LogP contribution >= 0.6 is 24.8 Å². The van der Waals surface area contributed by atoms with Crippen LogP contribution in [0.3, 0.4) is 0 Å². The molecule has 1 heterocycles. The summed E-state index contributed by atoms with van der Waals surface area (Å²) in [6.45, 7) is 0. The summed E-state index contributed by atoms with van der Waals surface area (Å²) in [6.07, 6.45) is 7.09. The molecule has 1 aliphatic rings. The van der Waals surface area contributed by atoms with Gasteiger partial charge in [0.1, 0.15) is 6.10 Å². The molecule has 1 aromatic heterocycles. The van der Waals surface area contributed by atoms with Gasteiger partial charge >= 0.3 is 0 Å². The van der Waals surface area contributed by atoms with Crippen LogP contribution in [-0.2, 0) is 7.05 Å². The number of nitrogens with two attached hydrogens (primary N) is 1. The van der Waals surface area contributed by atoms with Gasteiger partial charge in [-0.25, -0.2) is 0 Å². The SMILES string of the molecule is Cl.Cl.Cn1cc(OC2CCCC2N)cn1. The monoisotopic (exact) mass is 253 g/mol. The number of aryl methyl sites for hydroxylation is 1. The molecule has 88 valence electrons. The molecule has 6 heteroatoms. The average Bonchev–Trinajstić information content (AvgIpc) is 2.64. The topological polar surface area (TPSA) is 53.1 Å². The zero-order valence-corrected chi connectivity index (χ0v) is 10.3. The Labute approximate surface area is 102 Å². The van der Waals surface area contributed by atoms with Gasteiger partial charge in [-0.1, -0.05) is 0 Å². The molecule has 2 rings (SSSR count). The number of hydrogen-bond acceptors (Lipinski definition) is 3. The number of nitrogens with zero attached hydrogens (tertiary/aromatic N) is 2. The minimum atomic E-state index is 0. The van der Waals surface area contributed by atoms with Crippen molar-refractivity contribution in [2.24, 2.45) is 12.8 Å². The highest BCUT2D eigenvalue weighted by Crippen LogP contribution is 2.22. The van der Waals surface area contributed by atoms with Crippen molar-refractivity contribution in [3.63, 3.8) is 0 Å². The van der Waals surface area contributed by atoms with E-state index in [1.54, 1.807) is 10.9 Å². The summed E-state index contributed by atoms with van der Waals surface area (Å²) in [5.41, 5.74) is 5.88. The Morgan fingerprint density at radius 3 is 2.67 bits per heavy atom. The Kier molecular flexibility index (Phi) is 6.02. The van der Waals surface area contributed by atoms with Crippen LogP contribution in [0.4, 0.5) is 0 Å². The molecule has 0 spiro atoms. The quantitative estimate of drug-likeness (QED) is 0.870. The molecule has 1 aliphatic carbocycles. The molecular formula is C9H17Cl2N3O. The molecular weight excluding hydrogens is 237 g/mol. The molecule has 1 saturated carbocycles. The zero-order chi connectivity index (χ0) is 9.26. The molecule has 15 heavy (non-hydrogen) atoms. The van der Waals surface area contributed by atoms with Gasteiger partial charge in [0.2, 0.25) is 0 Å². The predicted molar refractivity (Wildman–Crippen MR) is 63.9 cm³/mol. The molecule has 0 amide bonds. The standard InChI is InChI=1S/C9H15N3O.2ClH/c1-12-6-7(5-11-12)13-9-4-2-3-8(9)10;;/h5-6,8-9H,2-4,10H2,1H3;2*1H. The normalized spacial score (nSPS) is 24.1. The van der Waals surface area contributed by atoms with Gasteiger partial charge in [-0.2, -0.15) is 5.10 Å². The van der Waals surface area contributed by atoms with E-state index in [2.05, 4.69) is 5.10 Å². The number of rotatable bonds is 2. The number of aromatic nitrogens is 2. The summed E-state index contributed by atoms with van der Waals surface area (Å²) in [4.78, 5) is 0. The van der Waals surface area contributed by atoms with Gasteiger partial charge in [0.25, 0.3) is 0 Å². The van der Waals surface area contributed by atoms with Crippen LogP contribution in [0.5, 0.6) is 5.75 Å². The molecule has 2 atom stereocenters. The van der Waals surface area contributed by atoms with E-state index < -0.39 is 0 Å². The summed E-state index contributed by atoms with van der Waals surface area (Å²) in [5.74, 6) is 0.824. The first-order valence-corrected chi connectivity index (χ1v) is 4.66. The van der Waals surface area contributed by atoms with E-state index in [4.69, 9.17) is 10.5 Å². The van der Waals surface area contributed by atoms with Crippen molar-refractivity contribution in [2.45, 2.75) is 31.4 Å². The maximum atomic E-state index is 5.88. The predicted octanol–water partition coefficient (Wildman–Crippen LogP) is 1.52. The van der Waals surface area contributed by atoms with Crippen LogP contribution < -0.4 is 10.5 Å². The fourth-order valence-electron chi connectivity index (χ4n) is 1.74. The van der Waals surface area contributed by atoms with Crippen molar-refractivity contribution in [1.82, 2.24) is 9.78 Å². The van der Waals surface area contributed by atoms with Gasteiger partial charge in [0.05, 0.1) is 12.4 Å². The first kappa shape index (κ1) is 14.6. The minimum absolute atomic E-state index is 0. The van der Waals surface area contributed by atoms with Crippen molar-refractivity contribution >= 4 is 24.8 Å². The van der Waals surface area contributed by atoms with Gasteiger partial charge in [0.15, 0.2) is 5.75 Å². The van der Waals surface area contributed by atoms with Crippen LogP contribution in [-0.4, -0.2) is 21.9 Å². The molecule has 0 radical (unpaired) electrons. The summed E-state index contributed by atoms with van der Waals surface area (Å²) < 4.78 is 7.43. The second-order valence-electron chi connectivity index (χ2n) is 3.60. The van der Waals surface area contributed by atoms with Crippen molar-refractivity contribution in [1.29, 1.82) is 0 Å². The molecule has 1 fully saturated rings. The van der Waals surface area contributed by atoms with Gasteiger partial charge in [-0.15, -0.1) is 24.8 Å². The summed E-state index contributed by atoms with van der Waals surface area (Å²) in [5, 5.41) is 4.03. The van der Waals surface area contributed by atoms with Crippen molar-refractivity contribution < 1.29 is 4.74 Å². The maximum Gasteiger partial charge on any atom is 0.157 e. The lowest BCUT2D eigenvalue weighted by Gasteiger charge is -2.15. The Balaban J connectivity index is 0.000000980. The first-order chi connectivity index (χ1) is 6.25. The van der Waals surface area contributed by atoms with E-state index in [1.807, 2.05) is 13.2 Å². The molecule has 0 aliphatic heterocycles. The second-order valence-corrected chi connectivity index (χ2v) is 3.60. The van der Waals surface area contributed by atoms with Crippen molar-refractivity contribution in [2.75, 3.05) is 0 Å². The summed E-state index contributed by atoms with van der Waals surface area (Å²) >= 11 is 0. The maximum absolute atomic E-state index is 5.88. The van der Waals surface area contributed by atoms with Crippen LogP contribution in [0.15, 0.2) is 12.4 Å². The largest absolute Gasteiger partial charge is 0.486 e. The van der Waals surface area contributed by atoms with Crippen LogP contribution in [0, 0.1) is 0 Å². The average molecular weight is 254 g/mol. The van der Waals surface area contributed by atoms with Crippen LogP contribution in [0.2, 0.25) is 0 Å². The molecule has 2 unspecified atom stereocenters. The molecule has 0 saturated heterocycles. The van der Waals surface area contributed by atoms with E-state index in [9.17, 15) is 0 Å². The Morgan fingerprint density at radius 1 is 1.47 bits per heavy atom. The molecule has 0 bridgehead atoms. The van der Waals surface area contributed by atoms with Crippen molar-refractivity contribution in [3.8, 4) is 5.75 Å². The van der Waals surface area contributed by atoms with Gasteiger partial charge < -0.3 is 10.5 Å². The Bertz CT molecular complexity index is 293. The third-order valence-corrected chi connectivity index (χ3v) is 2.47. The third kappa shape index (κ3) is 3.55. The van der Waals surface area contributed by atoms with E-state index >= 15 is 0 Å². The third-order valence-electron chi connectivity index (χ3n) is 2.47. The second kappa shape index (κ2) is 6.20. The lowest BCUT2D eigenvalue weighted by molar-refractivity contribution is 0.191. The minimum Gasteiger partial charge on any atom is -0.486 e. The summed E-state index contributed by atoms with van der Waals surface area (Å²) in [6, 6.07) is 0.195. The summed E-state index contributed by atoms with van der Waals surface area (Å²) in [7, 11) is 1.88. The van der Waals surface area contributed by atoms with Crippen LogP contribution in [0.1, 0.15) is 19.3 Å². The smallest absolute Gasteiger partial charge is 0.157 e. The Morgan fingerprint density at radius 2 is 2.20 bits per heavy atom. The molecule has 0 aromatic carbocycles. The van der Waals surface area contributed by atoms with E-state index in [0.717, 1.165) is 18.6 Å². The number of halogens is 2. The number of hydrogen-bond donors (Lipinski definition) is 1. The lowest BCUT2D eigenvalue weighted by atomic mass is 10.2. The first-order valence-electron chi connectivity index (χ1n) is 4.66. The van der Waals surface area contributed by atoms with Gasteiger partial charge in [-0.05, 0) is 19.3 Å². The van der Waals surface area contributed by atoms with Gasteiger partial charge in [-0.3, -0.25) is 4.68 Å². The lowest BCUT2D eigenvalue weighted by Crippen LogP contribution is -2.33. The fourth-order valence-corrected chi connectivity index (χ4v) is 1.74. The number of ether oxygens (including phenoxy) is 1. The van der Waals surface area contributed by atoms with Crippen molar-refractivity contribution in [3.05, 3.63) is 12.4 Å². The fraction of sp³-hybridized carbons (Fsp3) is 0.667. The molecule has 1 aromatic rings. The highest BCUT2D eigenvalue weighted by molar-refractivity contribution is 5.85. The molecule has 4 nitrogen and oxygen atoms in total.